The lowest BCUT2D eigenvalue weighted by Crippen LogP contribution is -2.29. The van der Waals surface area contributed by atoms with E-state index < -0.39 is 0 Å². The number of carbonyl (C=O) groups is 1. The maximum Gasteiger partial charge on any atom is 0.279 e. The first-order valence-corrected chi connectivity index (χ1v) is 9.57. The number of nitrogens with zero attached hydrogens (tertiary/aromatic N) is 2. The van der Waals surface area contributed by atoms with Crippen molar-refractivity contribution >= 4 is 16.7 Å². The van der Waals surface area contributed by atoms with Gasteiger partial charge in [-0.1, -0.05) is 48.5 Å². The molecule has 1 N–H and O–H groups in total. The zero-order valence-corrected chi connectivity index (χ0v) is 16.8. The van der Waals surface area contributed by atoms with Gasteiger partial charge < -0.3 is 10.1 Å². The van der Waals surface area contributed by atoms with Crippen LogP contribution in [-0.2, 0) is 6.54 Å². The van der Waals surface area contributed by atoms with Gasteiger partial charge in [0.05, 0.1) is 18.2 Å². The average Bonchev–Trinajstić information content (AvgIpc) is 2.79. The summed E-state index contributed by atoms with van der Waals surface area (Å²) in [6.45, 7) is 2.28. The third-order valence-corrected chi connectivity index (χ3v) is 4.95. The Kier molecular flexibility index (Phi) is 5.30. The summed E-state index contributed by atoms with van der Waals surface area (Å²) in [7, 11) is 1.62. The molecular formula is C24H21N3O3. The molecular weight excluding hydrogens is 378 g/mol. The van der Waals surface area contributed by atoms with Crippen LogP contribution in [-0.4, -0.2) is 22.8 Å². The zero-order chi connectivity index (χ0) is 21.1. The summed E-state index contributed by atoms with van der Waals surface area (Å²) in [5, 5.41) is 8.27. The van der Waals surface area contributed by atoms with Gasteiger partial charge in [0.25, 0.3) is 11.5 Å². The number of ether oxygens (including phenoxy) is 1. The summed E-state index contributed by atoms with van der Waals surface area (Å²) >= 11 is 0. The van der Waals surface area contributed by atoms with E-state index in [1.165, 1.54) is 4.68 Å². The summed E-state index contributed by atoms with van der Waals surface area (Å²) in [5.74, 6) is 0.415. The lowest BCUT2D eigenvalue weighted by Gasteiger charge is -2.12. The molecule has 0 aliphatic carbocycles. The average molecular weight is 399 g/mol. The Hall–Kier alpha value is -3.93. The Labute approximate surface area is 173 Å². The molecule has 1 amide bonds. The van der Waals surface area contributed by atoms with Crippen LogP contribution in [0.2, 0.25) is 0 Å². The first-order valence-electron chi connectivity index (χ1n) is 9.57. The van der Waals surface area contributed by atoms with E-state index in [9.17, 15) is 9.59 Å². The van der Waals surface area contributed by atoms with E-state index in [1.54, 1.807) is 43.5 Å². The monoisotopic (exact) mass is 399 g/mol. The standard InChI is InChI=1S/C24H21N3O3/c1-16-12-13-17(14-21(16)30-2)15-25-23(28)22-19-10-6-7-11-20(19)24(29)27(26-22)18-8-4-3-5-9-18/h3-14H,15H2,1-2H3,(H,25,28). The van der Waals surface area contributed by atoms with Crippen LogP contribution in [0.1, 0.15) is 21.6 Å². The van der Waals surface area contributed by atoms with Crippen molar-refractivity contribution < 1.29 is 9.53 Å². The van der Waals surface area contributed by atoms with Crippen LogP contribution in [0.4, 0.5) is 0 Å². The van der Waals surface area contributed by atoms with Crippen molar-refractivity contribution in [2.24, 2.45) is 0 Å². The van der Waals surface area contributed by atoms with E-state index in [0.717, 1.165) is 16.9 Å². The number of amides is 1. The topological polar surface area (TPSA) is 73.2 Å². The van der Waals surface area contributed by atoms with Crippen LogP contribution in [0.3, 0.4) is 0 Å². The van der Waals surface area contributed by atoms with Crippen molar-refractivity contribution in [3.63, 3.8) is 0 Å². The molecule has 6 nitrogen and oxygen atoms in total. The molecule has 0 fully saturated rings. The van der Waals surface area contributed by atoms with Crippen LogP contribution in [0.5, 0.6) is 5.75 Å². The summed E-state index contributed by atoms with van der Waals surface area (Å²) in [6, 6.07) is 21.9. The van der Waals surface area contributed by atoms with E-state index in [4.69, 9.17) is 4.74 Å². The lowest BCUT2D eigenvalue weighted by molar-refractivity contribution is 0.0946. The summed E-state index contributed by atoms with van der Waals surface area (Å²) < 4.78 is 6.62. The van der Waals surface area contributed by atoms with Gasteiger partial charge in [-0.25, -0.2) is 0 Å². The van der Waals surface area contributed by atoms with Gasteiger partial charge in [0.2, 0.25) is 0 Å². The molecule has 0 atom stereocenters. The van der Waals surface area contributed by atoms with Crippen molar-refractivity contribution in [1.82, 2.24) is 15.1 Å². The number of carbonyl (C=O) groups excluding carboxylic acids is 1. The van der Waals surface area contributed by atoms with Crippen molar-refractivity contribution in [1.29, 1.82) is 0 Å². The number of nitrogens with one attached hydrogen (secondary N) is 1. The minimum absolute atomic E-state index is 0.202. The van der Waals surface area contributed by atoms with Gasteiger partial charge in [0, 0.05) is 11.9 Å². The lowest BCUT2D eigenvalue weighted by atomic mass is 10.1. The maximum absolute atomic E-state index is 13.0. The second-order valence-electron chi connectivity index (χ2n) is 6.93. The number of rotatable bonds is 5. The van der Waals surface area contributed by atoms with Crippen LogP contribution in [0, 0.1) is 6.92 Å². The molecule has 0 radical (unpaired) electrons. The SMILES string of the molecule is COc1cc(CNC(=O)c2nn(-c3ccccc3)c(=O)c3ccccc23)ccc1C. The third kappa shape index (κ3) is 3.67. The number of aromatic nitrogens is 2. The Bertz CT molecular complexity index is 1280. The summed E-state index contributed by atoms with van der Waals surface area (Å²) in [6.07, 6.45) is 0. The number of fused-ring (bicyclic) bond motifs is 1. The quantitative estimate of drug-likeness (QED) is 0.556. The molecule has 0 aliphatic heterocycles. The van der Waals surface area contributed by atoms with E-state index in [1.807, 2.05) is 43.3 Å². The number of para-hydroxylation sites is 1. The van der Waals surface area contributed by atoms with Crippen molar-refractivity contribution in [2.45, 2.75) is 13.5 Å². The van der Waals surface area contributed by atoms with Gasteiger partial charge >= 0.3 is 0 Å². The number of hydrogen-bond donors (Lipinski definition) is 1. The molecule has 0 unspecified atom stereocenters. The molecule has 6 heteroatoms. The number of aryl methyl sites for hydroxylation is 1. The first-order chi connectivity index (χ1) is 14.6. The van der Waals surface area contributed by atoms with Crippen molar-refractivity contribution in [2.75, 3.05) is 7.11 Å². The van der Waals surface area contributed by atoms with Crippen LogP contribution in [0.15, 0.2) is 77.6 Å². The molecule has 1 aromatic heterocycles. The zero-order valence-electron chi connectivity index (χ0n) is 16.8. The molecule has 0 saturated heterocycles. The molecule has 1 heterocycles. The van der Waals surface area contributed by atoms with Gasteiger partial charge in [0.15, 0.2) is 5.69 Å². The normalized spacial score (nSPS) is 10.7. The smallest absolute Gasteiger partial charge is 0.279 e. The molecule has 0 saturated carbocycles. The van der Waals surface area contributed by atoms with Gasteiger partial charge in [-0.05, 0) is 42.3 Å². The van der Waals surface area contributed by atoms with E-state index >= 15 is 0 Å². The number of hydrogen-bond acceptors (Lipinski definition) is 4. The molecule has 3 aromatic carbocycles. The highest BCUT2D eigenvalue weighted by Gasteiger charge is 2.17. The first kappa shape index (κ1) is 19.4. The molecule has 30 heavy (non-hydrogen) atoms. The molecule has 0 spiro atoms. The van der Waals surface area contributed by atoms with Gasteiger partial charge in [-0.2, -0.15) is 9.78 Å². The fourth-order valence-corrected chi connectivity index (χ4v) is 3.34. The van der Waals surface area contributed by atoms with Crippen LogP contribution < -0.4 is 15.6 Å². The molecule has 0 bridgehead atoms. The minimum Gasteiger partial charge on any atom is -0.496 e. The van der Waals surface area contributed by atoms with Crippen molar-refractivity contribution in [3.8, 4) is 11.4 Å². The van der Waals surface area contributed by atoms with Gasteiger partial charge in [-0.3, -0.25) is 9.59 Å². The third-order valence-electron chi connectivity index (χ3n) is 4.95. The van der Waals surface area contributed by atoms with E-state index in [2.05, 4.69) is 10.4 Å². The highest BCUT2D eigenvalue weighted by molar-refractivity contribution is 6.04. The molecule has 0 aliphatic rings. The van der Waals surface area contributed by atoms with Crippen LogP contribution in [0.25, 0.3) is 16.5 Å². The summed E-state index contributed by atoms with van der Waals surface area (Å²) in [4.78, 5) is 26.0. The number of benzene rings is 3. The number of methoxy groups -OCH3 is 1. The largest absolute Gasteiger partial charge is 0.496 e. The highest BCUT2D eigenvalue weighted by Crippen LogP contribution is 2.19. The predicted molar refractivity (Wildman–Crippen MR) is 116 cm³/mol. The van der Waals surface area contributed by atoms with Gasteiger partial charge in [-0.15, -0.1) is 0 Å². The summed E-state index contributed by atoms with van der Waals surface area (Å²) in [5.41, 5.74) is 2.47. The van der Waals surface area contributed by atoms with Crippen molar-refractivity contribution in [3.05, 3.63) is 100.0 Å². The molecule has 4 rings (SSSR count). The Morgan fingerprint density at radius 2 is 1.70 bits per heavy atom. The second kappa shape index (κ2) is 8.21. The molecule has 4 aromatic rings. The van der Waals surface area contributed by atoms with E-state index in [0.29, 0.717) is 23.0 Å². The fraction of sp³-hybridized carbons (Fsp3) is 0.125. The van der Waals surface area contributed by atoms with E-state index in [-0.39, 0.29) is 17.2 Å². The van der Waals surface area contributed by atoms with Gasteiger partial charge in [0.1, 0.15) is 5.75 Å². The maximum atomic E-state index is 13.0. The Morgan fingerprint density at radius 3 is 2.43 bits per heavy atom. The predicted octanol–water partition coefficient (Wildman–Crippen LogP) is 3.63. The minimum atomic E-state index is -0.351. The Balaban J connectivity index is 1.72. The second-order valence-corrected chi connectivity index (χ2v) is 6.93. The fourth-order valence-electron chi connectivity index (χ4n) is 3.34. The molecule has 150 valence electrons. The highest BCUT2D eigenvalue weighted by atomic mass is 16.5. The Morgan fingerprint density at radius 1 is 1.00 bits per heavy atom. The van der Waals surface area contributed by atoms with Crippen LogP contribution >= 0.6 is 0 Å².